The Morgan fingerprint density at radius 2 is 1.90 bits per heavy atom. The molecule has 1 unspecified atom stereocenters. The monoisotopic (exact) mass is 411 g/mol. The van der Waals surface area contributed by atoms with E-state index in [0.29, 0.717) is 6.54 Å². The second-order valence-electron chi connectivity index (χ2n) is 7.23. The van der Waals surface area contributed by atoms with Crippen molar-refractivity contribution in [3.8, 4) is 12.3 Å². The Bertz CT molecular complexity index is 760. The third-order valence-corrected chi connectivity index (χ3v) is 4.73. The van der Waals surface area contributed by atoms with E-state index in [1.165, 1.54) is 0 Å². The number of hydrogen-bond acceptors (Lipinski definition) is 4. The van der Waals surface area contributed by atoms with E-state index in [4.69, 9.17) is 11.2 Å². The molecule has 1 heterocycles. The normalized spacial score (nSPS) is 18.1. The molecule has 1 atom stereocenters. The van der Waals surface area contributed by atoms with Crippen molar-refractivity contribution in [3.05, 3.63) is 35.9 Å². The van der Waals surface area contributed by atoms with Crippen LogP contribution < -0.4 is 5.32 Å². The van der Waals surface area contributed by atoms with Gasteiger partial charge in [0, 0.05) is 19.6 Å². The average molecular weight is 411 g/mol. The summed E-state index contributed by atoms with van der Waals surface area (Å²) in [6.07, 6.45) is 0.215. The summed E-state index contributed by atoms with van der Waals surface area (Å²) in [5.41, 5.74) is 0.0359. The summed E-state index contributed by atoms with van der Waals surface area (Å²) < 4.78 is 42.8. The highest BCUT2D eigenvalue weighted by molar-refractivity contribution is 5.86. The lowest BCUT2D eigenvalue weighted by molar-refractivity contribution is -0.143. The van der Waals surface area contributed by atoms with E-state index in [9.17, 15) is 22.8 Å². The predicted octanol–water partition coefficient (Wildman–Crippen LogP) is 2.40. The van der Waals surface area contributed by atoms with Gasteiger partial charge in [0.1, 0.15) is 19.2 Å². The quantitative estimate of drug-likeness (QED) is 0.756. The molecule has 0 aliphatic carbocycles. The van der Waals surface area contributed by atoms with Gasteiger partial charge in [0.25, 0.3) is 0 Å². The molecule has 1 N–H and O–H groups in total. The van der Waals surface area contributed by atoms with Crippen molar-refractivity contribution in [1.82, 2.24) is 15.1 Å². The Labute approximate surface area is 168 Å². The van der Waals surface area contributed by atoms with Crippen LogP contribution in [-0.4, -0.2) is 65.7 Å². The standard InChI is InChI=1S/C20H24F3N3O3/c1-4-19(2,3)25-10-11-26(16(12-25)17(27)24-14-20(21,22)23)18(28)29-13-15-8-6-5-7-9-15/h1,5-9,16H,10-14H2,2-3H3,(H,24,27). The number of piperazine rings is 1. The van der Waals surface area contributed by atoms with Crippen LogP contribution in [0.15, 0.2) is 30.3 Å². The highest BCUT2D eigenvalue weighted by atomic mass is 19.4. The molecule has 0 saturated carbocycles. The van der Waals surface area contributed by atoms with Crippen molar-refractivity contribution in [2.75, 3.05) is 26.2 Å². The van der Waals surface area contributed by atoms with E-state index < -0.39 is 36.3 Å². The maximum atomic E-state index is 12.6. The van der Waals surface area contributed by atoms with Crippen LogP contribution in [0.3, 0.4) is 0 Å². The molecule has 158 valence electrons. The first-order valence-corrected chi connectivity index (χ1v) is 9.08. The highest BCUT2D eigenvalue weighted by Gasteiger charge is 2.41. The van der Waals surface area contributed by atoms with Gasteiger partial charge >= 0.3 is 12.3 Å². The third-order valence-electron chi connectivity index (χ3n) is 4.73. The van der Waals surface area contributed by atoms with Gasteiger partial charge in [-0.3, -0.25) is 14.6 Å². The fraction of sp³-hybridized carbons (Fsp3) is 0.500. The zero-order valence-electron chi connectivity index (χ0n) is 16.3. The van der Waals surface area contributed by atoms with Crippen molar-refractivity contribution in [1.29, 1.82) is 0 Å². The van der Waals surface area contributed by atoms with Gasteiger partial charge in [-0.2, -0.15) is 13.2 Å². The van der Waals surface area contributed by atoms with Crippen LogP contribution in [0.1, 0.15) is 19.4 Å². The first-order chi connectivity index (χ1) is 13.5. The number of nitrogens with zero attached hydrogens (tertiary/aromatic N) is 2. The Morgan fingerprint density at radius 1 is 1.24 bits per heavy atom. The minimum atomic E-state index is -4.55. The largest absolute Gasteiger partial charge is 0.445 e. The number of terminal acetylenes is 1. The molecule has 1 saturated heterocycles. The lowest BCUT2D eigenvalue weighted by Crippen LogP contribution is -2.64. The predicted molar refractivity (Wildman–Crippen MR) is 101 cm³/mol. The lowest BCUT2D eigenvalue weighted by Gasteiger charge is -2.44. The van der Waals surface area contributed by atoms with Gasteiger partial charge in [0.15, 0.2) is 0 Å². The van der Waals surface area contributed by atoms with Gasteiger partial charge in [-0.05, 0) is 19.4 Å². The van der Waals surface area contributed by atoms with Crippen LogP contribution in [-0.2, 0) is 16.1 Å². The third kappa shape index (κ3) is 6.39. The van der Waals surface area contributed by atoms with Crippen LogP contribution in [0.2, 0.25) is 0 Å². The Kier molecular flexibility index (Phi) is 7.14. The van der Waals surface area contributed by atoms with Crippen LogP contribution in [0.4, 0.5) is 18.0 Å². The van der Waals surface area contributed by atoms with E-state index in [0.717, 1.165) is 10.5 Å². The highest BCUT2D eigenvalue weighted by Crippen LogP contribution is 2.21. The molecule has 29 heavy (non-hydrogen) atoms. The van der Waals surface area contributed by atoms with E-state index in [1.54, 1.807) is 43.0 Å². The molecule has 2 amide bonds. The molecule has 1 fully saturated rings. The summed E-state index contributed by atoms with van der Waals surface area (Å²) in [6, 6.07) is 7.79. The molecule has 0 spiro atoms. The molecule has 1 aromatic rings. The summed E-state index contributed by atoms with van der Waals surface area (Å²) >= 11 is 0. The molecule has 1 aliphatic rings. The van der Waals surface area contributed by atoms with Crippen molar-refractivity contribution >= 4 is 12.0 Å². The van der Waals surface area contributed by atoms with Gasteiger partial charge in [0.05, 0.1) is 5.54 Å². The number of hydrogen-bond donors (Lipinski definition) is 1. The molecule has 2 rings (SSSR count). The maximum Gasteiger partial charge on any atom is 0.410 e. The van der Waals surface area contributed by atoms with Crippen molar-refractivity contribution in [2.45, 2.75) is 38.2 Å². The molecular formula is C20H24F3N3O3. The van der Waals surface area contributed by atoms with Crippen molar-refractivity contribution in [3.63, 3.8) is 0 Å². The van der Waals surface area contributed by atoms with Gasteiger partial charge in [-0.25, -0.2) is 4.79 Å². The molecule has 6 nitrogen and oxygen atoms in total. The van der Waals surface area contributed by atoms with Gasteiger partial charge in [0.2, 0.25) is 5.91 Å². The minimum absolute atomic E-state index is 0.00132. The average Bonchev–Trinajstić information content (AvgIpc) is 2.70. The van der Waals surface area contributed by atoms with Crippen LogP contribution in [0.5, 0.6) is 0 Å². The van der Waals surface area contributed by atoms with Crippen molar-refractivity contribution < 1.29 is 27.5 Å². The number of nitrogens with one attached hydrogen (secondary N) is 1. The maximum absolute atomic E-state index is 12.6. The number of rotatable bonds is 5. The zero-order chi connectivity index (χ0) is 21.7. The Hall–Kier alpha value is -2.73. The van der Waals surface area contributed by atoms with Crippen LogP contribution >= 0.6 is 0 Å². The minimum Gasteiger partial charge on any atom is -0.445 e. The van der Waals surface area contributed by atoms with E-state index >= 15 is 0 Å². The molecule has 1 aromatic carbocycles. The lowest BCUT2D eigenvalue weighted by atomic mass is 10.0. The summed E-state index contributed by atoms with van der Waals surface area (Å²) in [5, 5.41) is 1.85. The summed E-state index contributed by atoms with van der Waals surface area (Å²) in [4.78, 5) is 27.9. The van der Waals surface area contributed by atoms with E-state index in [2.05, 4.69) is 5.92 Å². The molecule has 0 radical (unpaired) electrons. The summed E-state index contributed by atoms with van der Waals surface area (Å²) in [5.74, 6) is 1.69. The fourth-order valence-electron chi connectivity index (χ4n) is 2.93. The van der Waals surface area contributed by atoms with Gasteiger partial charge < -0.3 is 10.1 Å². The number of ether oxygens (including phenoxy) is 1. The van der Waals surface area contributed by atoms with Crippen LogP contribution in [0.25, 0.3) is 0 Å². The number of amides is 2. The number of carbonyl (C=O) groups is 2. The number of halogens is 3. The first kappa shape index (κ1) is 22.6. The van der Waals surface area contributed by atoms with E-state index in [1.807, 2.05) is 11.4 Å². The first-order valence-electron chi connectivity index (χ1n) is 9.08. The second kappa shape index (κ2) is 9.18. The SMILES string of the molecule is C#CC(C)(C)N1CCN(C(=O)OCc2ccccc2)C(C(=O)NCC(F)(F)F)C1. The van der Waals surface area contributed by atoms with Gasteiger partial charge in [-0.15, -0.1) is 6.42 Å². The molecule has 0 bridgehead atoms. The Morgan fingerprint density at radius 3 is 2.48 bits per heavy atom. The van der Waals surface area contributed by atoms with E-state index in [-0.39, 0.29) is 19.7 Å². The smallest absolute Gasteiger partial charge is 0.410 e. The molecule has 1 aliphatic heterocycles. The molecule has 0 aromatic heterocycles. The van der Waals surface area contributed by atoms with Crippen molar-refractivity contribution in [2.24, 2.45) is 0 Å². The fourth-order valence-corrected chi connectivity index (χ4v) is 2.93. The second-order valence-corrected chi connectivity index (χ2v) is 7.23. The summed E-state index contributed by atoms with van der Waals surface area (Å²) in [7, 11) is 0. The number of benzene rings is 1. The molecule has 9 heteroatoms. The summed E-state index contributed by atoms with van der Waals surface area (Å²) in [6.45, 7) is 2.51. The van der Waals surface area contributed by atoms with Gasteiger partial charge in [-0.1, -0.05) is 36.3 Å². The zero-order valence-corrected chi connectivity index (χ0v) is 16.3. The Balaban J connectivity index is 2.11. The number of carbonyl (C=O) groups excluding carboxylic acids is 2. The topological polar surface area (TPSA) is 61.9 Å². The van der Waals surface area contributed by atoms with Crippen LogP contribution in [0, 0.1) is 12.3 Å². The number of alkyl halides is 3. The molecular weight excluding hydrogens is 387 g/mol.